The lowest BCUT2D eigenvalue weighted by Crippen LogP contribution is -2.03. The second-order valence-electron chi connectivity index (χ2n) is 3.46. The highest BCUT2D eigenvalue weighted by Crippen LogP contribution is 2.29. The Morgan fingerprint density at radius 1 is 1.64 bits per heavy atom. The van der Waals surface area contributed by atoms with E-state index in [2.05, 4.69) is 4.98 Å². The topological polar surface area (TPSA) is 39.2 Å². The van der Waals surface area contributed by atoms with Crippen molar-refractivity contribution in [2.45, 2.75) is 32.3 Å². The smallest absolute Gasteiger partial charge is 0.155 e. The summed E-state index contributed by atoms with van der Waals surface area (Å²) < 4.78 is 5.62. The Hall–Kier alpha value is -1.38. The van der Waals surface area contributed by atoms with Crippen molar-refractivity contribution in [2.75, 3.05) is 0 Å². The summed E-state index contributed by atoms with van der Waals surface area (Å²) in [6, 6.07) is 1.77. The zero-order valence-electron chi connectivity index (χ0n) is 8.19. The van der Waals surface area contributed by atoms with Gasteiger partial charge in [-0.25, -0.2) is 0 Å². The van der Waals surface area contributed by atoms with Crippen LogP contribution in [0, 0.1) is 0 Å². The van der Waals surface area contributed by atoms with Crippen molar-refractivity contribution in [1.29, 1.82) is 0 Å². The summed E-state index contributed by atoms with van der Waals surface area (Å²) in [4.78, 5) is 15.0. The summed E-state index contributed by atoms with van der Waals surface area (Å²) in [6.07, 6.45) is 5.81. The molecule has 0 aromatic carbocycles. The molecule has 1 aromatic rings. The van der Waals surface area contributed by atoms with Crippen molar-refractivity contribution < 1.29 is 9.53 Å². The molecule has 1 aliphatic rings. The number of hydrogen-bond donors (Lipinski definition) is 0. The van der Waals surface area contributed by atoms with Gasteiger partial charge in [-0.15, -0.1) is 0 Å². The van der Waals surface area contributed by atoms with Crippen molar-refractivity contribution in [1.82, 2.24) is 4.98 Å². The van der Waals surface area contributed by atoms with Crippen LogP contribution in [0.5, 0.6) is 5.75 Å². The average molecular weight is 191 g/mol. The van der Waals surface area contributed by atoms with Crippen LogP contribution < -0.4 is 4.74 Å². The summed E-state index contributed by atoms with van der Waals surface area (Å²) in [6.45, 7) is 1.98. The first-order valence-electron chi connectivity index (χ1n) is 4.95. The number of rotatable bonds is 4. The third-order valence-corrected chi connectivity index (χ3v) is 2.30. The monoisotopic (exact) mass is 191 g/mol. The second kappa shape index (κ2) is 3.78. The number of aryl methyl sites for hydroxylation is 1. The highest BCUT2D eigenvalue weighted by molar-refractivity contribution is 5.80. The van der Waals surface area contributed by atoms with Gasteiger partial charge in [0.25, 0.3) is 0 Å². The molecule has 0 amide bonds. The van der Waals surface area contributed by atoms with E-state index in [1.807, 2.05) is 6.92 Å². The van der Waals surface area contributed by atoms with Gasteiger partial charge in [-0.05, 0) is 25.3 Å². The van der Waals surface area contributed by atoms with Crippen LogP contribution in [-0.2, 0) is 6.42 Å². The maximum atomic E-state index is 10.9. The summed E-state index contributed by atoms with van der Waals surface area (Å²) in [5.41, 5.74) is 1.43. The lowest BCUT2D eigenvalue weighted by molar-refractivity contribution is 0.111. The predicted molar refractivity (Wildman–Crippen MR) is 52.7 cm³/mol. The first-order valence-corrected chi connectivity index (χ1v) is 4.95. The molecule has 0 unspecified atom stereocenters. The lowest BCUT2D eigenvalue weighted by Gasteiger charge is -2.08. The molecule has 0 radical (unpaired) electrons. The van der Waals surface area contributed by atoms with Gasteiger partial charge in [-0.3, -0.25) is 9.78 Å². The zero-order chi connectivity index (χ0) is 9.97. The summed E-state index contributed by atoms with van der Waals surface area (Å²) in [5, 5.41) is 0. The van der Waals surface area contributed by atoms with Crippen LogP contribution in [0.2, 0.25) is 0 Å². The van der Waals surface area contributed by atoms with Gasteiger partial charge in [-0.2, -0.15) is 0 Å². The largest absolute Gasteiger partial charge is 0.490 e. The Morgan fingerprint density at radius 3 is 3.00 bits per heavy atom. The number of carbonyl (C=O) groups is 1. The summed E-state index contributed by atoms with van der Waals surface area (Å²) in [5.74, 6) is 0.689. The van der Waals surface area contributed by atoms with Gasteiger partial charge in [0.1, 0.15) is 5.75 Å². The third kappa shape index (κ3) is 1.76. The van der Waals surface area contributed by atoms with Crippen LogP contribution in [0.15, 0.2) is 12.3 Å². The van der Waals surface area contributed by atoms with Crippen molar-refractivity contribution in [3.05, 3.63) is 23.5 Å². The SMILES string of the molecule is CCc1nccc(OC2CC2)c1C=O. The number of pyridine rings is 1. The van der Waals surface area contributed by atoms with E-state index in [1.54, 1.807) is 12.3 Å². The quantitative estimate of drug-likeness (QED) is 0.683. The van der Waals surface area contributed by atoms with Gasteiger partial charge in [0.05, 0.1) is 17.4 Å². The molecule has 3 heteroatoms. The minimum absolute atomic E-state index is 0.320. The van der Waals surface area contributed by atoms with Gasteiger partial charge in [0, 0.05) is 6.20 Å². The van der Waals surface area contributed by atoms with Gasteiger partial charge in [-0.1, -0.05) is 6.92 Å². The molecule has 74 valence electrons. The van der Waals surface area contributed by atoms with Crippen LogP contribution in [-0.4, -0.2) is 17.4 Å². The molecule has 0 atom stereocenters. The van der Waals surface area contributed by atoms with E-state index in [1.165, 1.54) is 0 Å². The Kier molecular flexibility index (Phi) is 2.48. The van der Waals surface area contributed by atoms with E-state index >= 15 is 0 Å². The summed E-state index contributed by atoms with van der Waals surface area (Å²) in [7, 11) is 0. The van der Waals surface area contributed by atoms with E-state index in [0.717, 1.165) is 31.2 Å². The molecular formula is C11H13NO2. The zero-order valence-corrected chi connectivity index (χ0v) is 8.19. The van der Waals surface area contributed by atoms with E-state index in [4.69, 9.17) is 4.74 Å². The fraction of sp³-hybridized carbons (Fsp3) is 0.455. The van der Waals surface area contributed by atoms with E-state index in [0.29, 0.717) is 17.4 Å². The molecule has 1 heterocycles. The molecule has 0 saturated heterocycles. The van der Waals surface area contributed by atoms with Crippen molar-refractivity contribution in [3.8, 4) is 5.75 Å². The molecule has 2 rings (SSSR count). The number of aromatic nitrogens is 1. The van der Waals surface area contributed by atoms with Crippen molar-refractivity contribution in [3.63, 3.8) is 0 Å². The fourth-order valence-electron chi connectivity index (χ4n) is 1.37. The fourth-order valence-corrected chi connectivity index (χ4v) is 1.37. The highest BCUT2D eigenvalue weighted by Gasteiger charge is 2.25. The number of carbonyl (C=O) groups excluding carboxylic acids is 1. The van der Waals surface area contributed by atoms with Crippen LogP contribution in [0.1, 0.15) is 35.8 Å². The van der Waals surface area contributed by atoms with Crippen LogP contribution in [0.25, 0.3) is 0 Å². The minimum Gasteiger partial charge on any atom is -0.490 e. The first kappa shape index (κ1) is 9.19. The Balaban J connectivity index is 2.30. The normalized spacial score (nSPS) is 15.2. The molecule has 1 saturated carbocycles. The Labute approximate surface area is 83.1 Å². The molecule has 3 nitrogen and oxygen atoms in total. The molecule has 1 fully saturated rings. The number of ether oxygens (including phenoxy) is 1. The van der Waals surface area contributed by atoms with E-state index < -0.39 is 0 Å². The maximum Gasteiger partial charge on any atom is 0.155 e. The average Bonchev–Trinajstić information content (AvgIpc) is 3.01. The lowest BCUT2D eigenvalue weighted by atomic mass is 10.1. The van der Waals surface area contributed by atoms with E-state index in [9.17, 15) is 4.79 Å². The number of nitrogens with zero attached hydrogens (tertiary/aromatic N) is 1. The predicted octanol–water partition coefficient (Wildman–Crippen LogP) is 2.00. The summed E-state index contributed by atoms with van der Waals surface area (Å²) >= 11 is 0. The molecule has 0 spiro atoms. The van der Waals surface area contributed by atoms with Gasteiger partial charge < -0.3 is 4.74 Å². The molecule has 1 aliphatic carbocycles. The Bertz CT molecular complexity index is 345. The molecule has 0 bridgehead atoms. The van der Waals surface area contributed by atoms with Gasteiger partial charge in [0.2, 0.25) is 0 Å². The van der Waals surface area contributed by atoms with Crippen molar-refractivity contribution in [2.24, 2.45) is 0 Å². The molecule has 0 N–H and O–H groups in total. The standard InChI is InChI=1S/C11H13NO2/c1-2-10-9(7-13)11(5-6-12-10)14-8-3-4-8/h5-8H,2-4H2,1H3. The van der Waals surface area contributed by atoms with E-state index in [-0.39, 0.29) is 0 Å². The molecule has 0 aliphatic heterocycles. The van der Waals surface area contributed by atoms with Crippen LogP contribution in [0.4, 0.5) is 0 Å². The molecular weight excluding hydrogens is 178 g/mol. The molecule has 14 heavy (non-hydrogen) atoms. The number of hydrogen-bond acceptors (Lipinski definition) is 3. The van der Waals surface area contributed by atoms with Crippen LogP contribution in [0.3, 0.4) is 0 Å². The second-order valence-corrected chi connectivity index (χ2v) is 3.46. The third-order valence-electron chi connectivity index (χ3n) is 2.30. The minimum atomic E-state index is 0.320. The van der Waals surface area contributed by atoms with Crippen LogP contribution >= 0.6 is 0 Å². The molecule has 1 aromatic heterocycles. The number of aldehydes is 1. The first-order chi connectivity index (χ1) is 6.85. The Morgan fingerprint density at radius 2 is 2.43 bits per heavy atom. The van der Waals surface area contributed by atoms with Gasteiger partial charge in [0.15, 0.2) is 6.29 Å². The van der Waals surface area contributed by atoms with Gasteiger partial charge >= 0.3 is 0 Å². The maximum absolute atomic E-state index is 10.9. The van der Waals surface area contributed by atoms with Crippen molar-refractivity contribution >= 4 is 6.29 Å². The highest BCUT2D eigenvalue weighted by atomic mass is 16.5.